The number of nitrogens with zero attached hydrogens (tertiary/aromatic N) is 2. The molecule has 0 amide bonds. The smallest absolute Gasteiger partial charge is 0.329 e. The first-order valence-electron chi connectivity index (χ1n) is 5.52. The molecule has 0 aliphatic carbocycles. The molecule has 0 spiro atoms. The molecule has 0 aromatic carbocycles. The van der Waals surface area contributed by atoms with Crippen molar-refractivity contribution < 1.29 is 19.2 Å². The number of hydrogen-bond acceptors (Lipinski definition) is 7. The summed E-state index contributed by atoms with van der Waals surface area (Å²) in [6.07, 6.45) is 0. The van der Waals surface area contributed by atoms with Crippen molar-refractivity contribution in [1.82, 2.24) is 10.1 Å². The van der Waals surface area contributed by atoms with Gasteiger partial charge in [-0.3, -0.25) is 0 Å². The molecule has 1 saturated heterocycles. The molecule has 100 valence electrons. The summed E-state index contributed by atoms with van der Waals surface area (Å²) in [6, 6.07) is 0. The Balaban J connectivity index is 1.90. The molecule has 2 unspecified atom stereocenters. The standard InChI is InChI=1S/C10H14N2O4S2/c1-6-9(18-3-2-17-6)10-11-7(16-12-10)4-15-5-8(13)14/h6,9H,2-5H2,1H3,(H,13,14). The predicted octanol–water partition coefficient (Wildman–Crippen LogP) is 1.58. The third kappa shape index (κ3) is 3.63. The van der Waals surface area contributed by atoms with Crippen molar-refractivity contribution in [3.63, 3.8) is 0 Å². The minimum atomic E-state index is -1.01. The van der Waals surface area contributed by atoms with E-state index in [1.54, 1.807) is 0 Å². The number of carboxylic acid groups (broad SMARTS) is 1. The lowest BCUT2D eigenvalue weighted by Crippen LogP contribution is -2.17. The fraction of sp³-hybridized carbons (Fsp3) is 0.700. The molecule has 1 aliphatic heterocycles. The van der Waals surface area contributed by atoms with Crippen LogP contribution in [-0.2, 0) is 16.1 Å². The Morgan fingerprint density at radius 1 is 1.56 bits per heavy atom. The third-order valence-electron chi connectivity index (χ3n) is 2.38. The molecular formula is C10H14N2O4S2. The Bertz CT molecular complexity index is 412. The van der Waals surface area contributed by atoms with Crippen LogP contribution in [0.3, 0.4) is 0 Å². The van der Waals surface area contributed by atoms with E-state index in [4.69, 9.17) is 14.4 Å². The van der Waals surface area contributed by atoms with Crippen LogP contribution in [0, 0.1) is 0 Å². The summed E-state index contributed by atoms with van der Waals surface area (Å²) >= 11 is 3.73. The summed E-state index contributed by atoms with van der Waals surface area (Å²) in [7, 11) is 0. The molecule has 0 saturated carbocycles. The van der Waals surface area contributed by atoms with E-state index in [2.05, 4.69) is 17.1 Å². The highest BCUT2D eigenvalue weighted by Gasteiger charge is 2.28. The van der Waals surface area contributed by atoms with Crippen LogP contribution < -0.4 is 0 Å². The van der Waals surface area contributed by atoms with E-state index in [-0.39, 0.29) is 18.5 Å². The van der Waals surface area contributed by atoms with E-state index in [1.165, 1.54) is 0 Å². The average molecular weight is 290 g/mol. The Morgan fingerprint density at radius 3 is 3.06 bits per heavy atom. The van der Waals surface area contributed by atoms with Gasteiger partial charge in [-0.05, 0) is 0 Å². The van der Waals surface area contributed by atoms with Crippen molar-refractivity contribution in [3.8, 4) is 0 Å². The van der Waals surface area contributed by atoms with Crippen molar-refractivity contribution in [1.29, 1.82) is 0 Å². The van der Waals surface area contributed by atoms with Gasteiger partial charge in [0.15, 0.2) is 5.82 Å². The molecule has 1 aromatic rings. The highest BCUT2D eigenvalue weighted by Crippen LogP contribution is 2.41. The molecule has 1 N–H and O–H groups in total. The molecule has 2 heterocycles. The zero-order valence-electron chi connectivity index (χ0n) is 9.87. The van der Waals surface area contributed by atoms with Crippen LogP contribution in [0.5, 0.6) is 0 Å². The largest absolute Gasteiger partial charge is 0.480 e. The van der Waals surface area contributed by atoms with Crippen LogP contribution in [-0.4, -0.2) is 44.6 Å². The van der Waals surface area contributed by atoms with Gasteiger partial charge < -0.3 is 14.4 Å². The van der Waals surface area contributed by atoms with Crippen LogP contribution in [0.1, 0.15) is 23.9 Å². The Morgan fingerprint density at radius 2 is 2.33 bits per heavy atom. The minimum absolute atomic E-state index is 0.0399. The van der Waals surface area contributed by atoms with E-state index < -0.39 is 5.97 Å². The molecule has 0 radical (unpaired) electrons. The van der Waals surface area contributed by atoms with E-state index in [1.807, 2.05) is 23.5 Å². The zero-order chi connectivity index (χ0) is 13.0. The first kappa shape index (κ1) is 13.7. The number of rotatable bonds is 5. The minimum Gasteiger partial charge on any atom is -0.480 e. The monoisotopic (exact) mass is 290 g/mol. The number of carboxylic acids is 1. The molecule has 18 heavy (non-hydrogen) atoms. The summed E-state index contributed by atoms with van der Waals surface area (Å²) < 4.78 is 9.95. The van der Waals surface area contributed by atoms with Crippen LogP contribution in [0.2, 0.25) is 0 Å². The zero-order valence-corrected chi connectivity index (χ0v) is 11.5. The van der Waals surface area contributed by atoms with Crippen molar-refractivity contribution in [2.24, 2.45) is 0 Å². The summed E-state index contributed by atoms with van der Waals surface area (Å²) in [5.41, 5.74) is 0. The van der Waals surface area contributed by atoms with Gasteiger partial charge in [0.25, 0.3) is 5.89 Å². The predicted molar refractivity (Wildman–Crippen MR) is 68.7 cm³/mol. The molecule has 6 nitrogen and oxygen atoms in total. The Kier molecular flexibility index (Phi) is 4.90. The van der Waals surface area contributed by atoms with Crippen molar-refractivity contribution in [2.75, 3.05) is 18.1 Å². The molecular weight excluding hydrogens is 276 g/mol. The fourth-order valence-electron chi connectivity index (χ4n) is 1.58. The summed E-state index contributed by atoms with van der Waals surface area (Å²) in [5.74, 6) is 2.22. The van der Waals surface area contributed by atoms with E-state index in [0.29, 0.717) is 17.0 Å². The van der Waals surface area contributed by atoms with Gasteiger partial charge in [-0.1, -0.05) is 12.1 Å². The van der Waals surface area contributed by atoms with Gasteiger partial charge in [0, 0.05) is 16.8 Å². The van der Waals surface area contributed by atoms with Gasteiger partial charge in [-0.15, -0.1) is 11.8 Å². The number of carbonyl (C=O) groups is 1. The molecule has 1 aromatic heterocycles. The number of ether oxygens (including phenoxy) is 1. The molecule has 0 bridgehead atoms. The first-order valence-corrected chi connectivity index (χ1v) is 7.62. The Hall–Kier alpha value is -0.730. The SMILES string of the molecule is CC1SCCSC1c1noc(COCC(=O)O)n1. The van der Waals surface area contributed by atoms with Gasteiger partial charge in [-0.25, -0.2) is 4.79 Å². The highest BCUT2D eigenvalue weighted by molar-refractivity contribution is 8.06. The summed E-state index contributed by atoms with van der Waals surface area (Å²) in [5, 5.41) is 13.1. The average Bonchev–Trinajstić information content (AvgIpc) is 2.78. The van der Waals surface area contributed by atoms with Crippen LogP contribution in [0.25, 0.3) is 0 Å². The maximum Gasteiger partial charge on any atom is 0.329 e. The van der Waals surface area contributed by atoms with Crippen LogP contribution >= 0.6 is 23.5 Å². The van der Waals surface area contributed by atoms with Gasteiger partial charge in [0.2, 0.25) is 0 Å². The van der Waals surface area contributed by atoms with Crippen molar-refractivity contribution in [3.05, 3.63) is 11.7 Å². The first-order chi connectivity index (χ1) is 8.66. The lowest BCUT2D eigenvalue weighted by atomic mass is 10.3. The van der Waals surface area contributed by atoms with Crippen molar-refractivity contribution >= 4 is 29.5 Å². The quantitative estimate of drug-likeness (QED) is 0.874. The van der Waals surface area contributed by atoms with Gasteiger partial charge in [0.05, 0.1) is 5.25 Å². The van der Waals surface area contributed by atoms with Crippen molar-refractivity contribution in [2.45, 2.75) is 24.0 Å². The summed E-state index contributed by atoms with van der Waals surface area (Å²) in [4.78, 5) is 14.5. The fourth-order valence-corrected chi connectivity index (χ4v) is 4.26. The van der Waals surface area contributed by atoms with Crippen LogP contribution in [0.15, 0.2) is 4.52 Å². The maximum atomic E-state index is 10.3. The maximum absolute atomic E-state index is 10.3. The number of hydrogen-bond donors (Lipinski definition) is 1. The number of aromatic nitrogens is 2. The second-order valence-corrected chi connectivity index (χ2v) is 6.53. The molecule has 1 fully saturated rings. The van der Waals surface area contributed by atoms with Gasteiger partial charge >= 0.3 is 5.97 Å². The topological polar surface area (TPSA) is 85.5 Å². The van der Waals surface area contributed by atoms with Crippen LogP contribution in [0.4, 0.5) is 0 Å². The molecule has 2 atom stereocenters. The van der Waals surface area contributed by atoms with Gasteiger partial charge in [-0.2, -0.15) is 16.7 Å². The number of thioether (sulfide) groups is 2. The lowest BCUT2D eigenvalue weighted by molar-refractivity contribution is -0.142. The summed E-state index contributed by atoms with van der Waals surface area (Å²) in [6.45, 7) is 1.83. The van der Waals surface area contributed by atoms with E-state index in [9.17, 15) is 4.79 Å². The lowest BCUT2D eigenvalue weighted by Gasteiger charge is -2.24. The number of aliphatic carboxylic acids is 1. The second kappa shape index (κ2) is 6.44. The Labute approximate surface area is 113 Å². The van der Waals surface area contributed by atoms with Gasteiger partial charge in [0.1, 0.15) is 13.2 Å². The highest BCUT2D eigenvalue weighted by atomic mass is 32.2. The van der Waals surface area contributed by atoms with E-state index in [0.717, 1.165) is 11.5 Å². The second-order valence-electron chi connectivity index (χ2n) is 3.80. The molecule has 2 rings (SSSR count). The molecule has 8 heteroatoms. The normalized spacial score (nSPS) is 24.1. The third-order valence-corrected chi connectivity index (χ3v) is 5.46. The molecule has 1 aliphatic rings. The van der Waals surface area contributed by atoms with E-state index >= 15 is 0 Å².